The van der Waals surface area contributed by atoms with Gasteiger partial charge in [0.15, 0.2) is 11.3 Å². The number of fused-ring (bicyclic) bond motifs is 2. The molecule has 0 unspecified atom stereocenters. The number of aromatic nitrogens is 6. The number of hydrogen-bond donors (Lipinski definition) is 2. The summed E-state index contributed by atoms with van der Waals surface area (Å²) in [7, 11) is 0. The summed E-state index contributed by atoms with van der Waals surface area (Å²) in [5, 5.41) is 11.8. The van der Waals surface area contributed by atoms with Gasteiger partial charge < -0.3 is 10.3 Å². The molecule has 3 aromatic rings. The largest absolute Gasteiger partial charge is 0.347 e. The number of aromatic amines is 1. The van der Waals surface area contributed by atoms with E-state index in [-0.39, 0.29) is 16.8 Å². The van der Waals surface area contributed by atoms with Crippen molar-refractivity contribution in [3.05, 3.63) is 58.7 Å². The fourth-order valence-corrected chi connectivity index (χ4v) is 4.91. The van der Waals surface area contributed by atoms with E-state index in [0.717, 1.165) is 24.8 Å². The molecule has 2 aliphatic rings. The van der Waals surface area contributed by atoms with E-state index in [0.29, 0.717) is 23.5 Å². The maximum absolute atomic E-state index is 15.3. The number of piperidine rings is 2. The van der Waals surface area contributed by atoms with Gasteiger partial charge in [-0.2, -0.15) is 0 Å². The van der Waals surface area contributed by atoms with Gasteiger partial charge >= 0.3 is 0 Å². The maximum Gasteiger partial charge on any atom is 0.194 e. The highest BCUT2D eigenvalue weighted by molar-refractivity contribution is 5.56. The molecule has 0 radical (unpaired) electrons. The Morgan fingerprint density at radius 3 is 2.87 bits per heavy atom. The SMILES string of the molecule is C[C@]12CCC[C@](C)(N1)[C@@H](F)/C(=C/c1cnc(-c3c[nH]c(-n4ccnc4)cc3=O)nn1)C2. The molecule has 0 spiro atoms. The molecule has 3 atom stereocenters. The average Bonchev–Trinajstić information content (AvgIpc) is 3.27. The van der Waals surface area contributed by atoms with E-state index in [4.69, 9.17) is 0 Å². The minimum atomic E-state index is -1.08. The van der Waals surface area contributed by atoms with E-state index in [2.05, 4.69) is 37.4 Å². The standard InChI is InChI=1S/C22H24FN7O/c1-21-4-3-5-22(2,29-21)19(23)14(10-21)8-15-11-26-20(28-27-15)16-12-25-18(9-17(16)31)30-7-6-24-13-30/h6-9,11-13,19,29H,3-5,10H2,1-2H3,(H,25,31)/b14-8+/t19-,21+,22-/m0/s1. The van der Waals surface area contributed by atoms with Gasteiger partial charge in [-0.3, -0.25) is 9.36 Å². The lowest BCUT2D eigenvalue weighted by atomic mass is 9.68. The number of pyridine rings is 1. The Morgan fingerprint density at radius 2 is 2.16 bits per heavy atom. The number of alkyl halides is 1. The molecule has 0 aromatic carbocycles. The fraction of sp³-hybridized carbons (Fsp3) is 0.409. The molecule has 8 nitrogen and oxygen atoms in total. The third-order valence-electron chi connectivity index (χ3n) is 6.32. The molecule has 9 heteroatoms. The third-order valence-corrected chi connectivity index (χ3v) is 6.32. The van der Waals surface area contributed by atoms with E-state index >= 15 is 4.39 Å². The van der Waals surface area contributed by atoms with Crippen LogP contribution in [-0.4, -0.2) is 47.0 Å². The second-order valence-corrected chi connectivity index (χ2v) is 8.99. The lowest BCUT2D eigenvalue weighted by molar-refractivity contribution is 0.0555. The number of halogens is 1. The summed E-state index contributed by atoms with van der Waals surface area (Å²) in [4.78, 5) is 23.8. The van der Waals surface area contributed by atoms with Crippen molar-refractivity contribution in [1.29, 1.82) is 0 Å². The Bertz CT molecular complexity index is 1190. The number of H-pyrrole nitrogens is 1. The summed E-state index contributed by atoms with van der Waals surface area (Å²) in [6.07, 6.45) is 12.2. The van der Waals surface area contributed by atoms with Crippen LogP contribution in [-0.2, 0) is 0 Å². The maximum atomic E-state index is 15.3. The number of nitrogens with one attached hydrogen (secondary N) is 2. The predicted molar refractivity (Wildman–Crippen MR) is 114 cm³/mol. The van der Waals surface area contributed by atoms with Crippen LogP contribution in [0.15, 0.2) is 47.5 Å². The summed E-state index contributed by atoms with van der Waals surface area (Å²) in [6, 6.07) is 1.46. The summed E-state index contributed by atoms with van der Waals surface area (Å²) >= 11 is 0. The molecule has 3 aromatic heterocycles. The Balaban J connectivity index is 1.41. The molecule has 160 valence electrons. The van der Waals surface area contributed by atoms with Gasteiger partial charge in [-0.1, -0.05) is 0 Å². The highest BCUT2D eigenvalue weighted by Crippen LogP contribution is 2.44. The van der Waals surface area contributed by atoms with Gasteiger partial charge in [0.2, 0.25) is 0 Å². The van der Waals surface area contributed by atoms with Crippen LogP contribution in [0.1, 0.15) is 45.2 Å². The fourth-order valence-electron chi connectivity index (χ4n) is 4.91. The van der Waals surface area contributed by atoms with Crippen LogP contribution >= 0.6 is 0 Å². The second kappa shape index (κ2) is 7.19. The van der Waals surface area contributed by atoms with Gasteiger partial charge in [0.05, 0.1) is 17.3 Å². The Morgan fingerprint density at radius 1 is 1.29 bits per heavy atom. The minimum absolute atomic E-state index is 0.105. The first-order valence-electron chi connectivity index (χ1n) is 10.4. The van der Waals surface area contributed by atoms with Crippen molar-refractivity contribution >= 4 is 6.08 Å². The Labute approximate surface area is 178 Å². The van der Waals surface area contributed by atoms with Crippen molar-refractivity contribution in [2.75, 3.05) is 0 Å². The minimum Gasteiger partial charge on any atom is -0.347 e. The highest BCUT2D eigenvalue weighted by Gasteiger charge is 2.50. The summed E-state index contributed by atoms with van der Waals surface area (Å²) in [6.45, 7) is 4.10. The van der Waals surface area contributed by atoms with Gasteiger partial charge in [0.1, 0.15) is 24.0 Å². The van der Waals surface area contributed by atoms with Crippen LogP contribution in [0.25, 0.3) is 23.3 Å². The molecular formula is C22H24FN7O. The average molecular weight is 421 g/mol. The molecule has 0 aliphatic carbocycles. The predicted octanol–water partition coefficient (Wildman–Crippen LogP) is 2.83. The van der Waals surface area contributed by atoms with Crippen LogP contribution in [0, 0.1) is 0 Å². The van der Waals surface area contributed by atoms with Crippen LogP contribution in [0.5, 0.6) is 0 Å². The molecule has 31 heavy (non-hydrogen) atoms. The topological polar surface area (TPSA) is 101 Å². The molecule has 2 aliphatic heterocycles. The monoisotopic (exact) mass is 421 g/mol. The van der Waals surface area contributed by atoms with Crippen LogP contribution in [0.4, 0.5) is 4.39 Å². The van der Waals surface area contributed by atoms with Gasteiger partial charge in [-0.25, -0.2) is 14.4 Å². The Hall–Kier alpha value is -3.20. The molecule has 0 saturated carbocycles. The van der Waals surface area contributed by atoms with Crippen LogP contribution in [0.3, 0.4) is 0 Å². The normalized spacial score (nSPS) is 29.3. The zero-order chi connectivity index (χ0) is 21.6. The lowest BCUT2D eigenvalue weighted by Gasteiger charge is -2.53. The molecule has 2 saturated heterocycles. The smallest absolute Gasteiger partial charge is 0.194 e. The van der Waals surface area contributed by atoms with Crippen molar-refractivity contribution in [2.24, 2.45) is 0 Å². The quantitative estimate of drug-likeness (QED) is 0.674. The molecule has 2 fully saturated rings. The molecule has 2 N–H and O–H groups in total. The second-order valence-electron chi connectivity index (χ2n) is 8.99. The number of nitrogens with zero attached hydrogens (tertiary/aromatic N) is 5. The Kier molecular flexibility index (Phi) is 4.58. The van der Waals surface area contributed by atoms with Gasteiger partial charge in [0, 0.05) is 30.2 Å². The molecular weight excluding hydrogens is 397 g/mol. The van der Waals surface area contributed by atoms with Crippen molar-refractivity contribution in [2.45, 2.75) is 56.8 Å². The van der Waals surface area contributed by atoms with Crippen molar-refractivity contribution in [1.82, 2.24) is 35.0 Å². The molecule has 0 amide bonds. The van der Waals surface area contributed by atoms with Crippen molar-refractivity contribution in [3.63, 3.8) is 0 Å². The van der Waals surface area contributed by atoms with E-state index < -0.39 is 11.7 Å². The summed E-state index contributed by atoms with van der Waals surface area (Å²) < 4.78 is 17.0. The highest BCUT2D eigenvalue weighted by atomic mass is 19.1. The van der Waals surface area contributed by atoms with E-state index in [1.54, 1.807) is 35.6 Å². The first-order chi connectivity index (χ1) is 14.9. The molecule has 5 rings (SSSR count). The summed E-state index contributed by atoms with van der Waals surface area (Å²) in [5.74, 6) is 0.812. The van der Waals surface area contributed by atoms with Gasteiger partial charge in [0.25, 0.3) is 0 Å². The lowest BCUT2D eigenvalue weighted by Crippen LogP contribution is -2.66. The first-order valence-corrected chi connectivity index (χ1v) is 10.4. The molecule has 5 heterocycles. The van der Waals surface area contributed by atoms with Crippen LogP contribution < -0.4 is 10.7 Å². The van der Waals surface area contributed by atoms with Crippen molar-refractivity contribution in [3.8, 4) is 17.2 Å². The van der Waals surface area contributed by atoms with Gasteiger partial charge in [-0.15, -0.1) is 10.2 Å². The van der Waals surface area contributed by atoms with E-state index in [1.165, 1.54) is 12.3 Å². The number of rotatable bonds is 3. The van der Waals surface area contributed by atoms with E-state index in [1.807, 2.05) is 6.92 Å². The van der Waals surface area contributed by atoms with E-state index in [9.17, 15) is 4.79 Å². The summed E-state index contributed by atoms with van der Waals surface area (Å²) in [5.41, 5.74) is 0.630. The zero-order valence-corrected chi connectivity index (χ0v) is 17.5. The number of hydrogen-bond acceptors (Lipinski definition) is 6. The van der Waals surface area contributed by atoms with Crippen molar-refractivity contribution < 1.29 is 4.39 Å². The van der Waals surface area contributed by atoms with Gasteiger partial charge in [-0.05, 0) is 51.2 Å². The third kappa shape index (κ3) is 3.59. The molecule has 2 bridgehead atoms. The zero-order valence-electron chi connectivity index (χ0n) is 17.5. The number of imidazole rings is 1. The first kappa shape index (κ1) is 19.7. The van der Waals surface area contributed by atoms with Crippen LogP contribution in [0.2, 0.25) is 0 Å².